The Balaban J connectivity index is 1.71. The predicted molar refractivity (Wildman–Crippen MR) is 111 cm³/mol. The van der Waals surface area contributed by atoms with Gasteiger partial charge in [0.2, 0.25) is 0 Å². The second kappa shape index (κ2) is 8.59. The summed E-state index contributed by atoms with van der Waals surface area (Å²) in [5, 5.41) is 6.48. The Morgan fingerprint density at radius 3 is 2.50 bits per heavy atom. The molecule has 1 aromatic rings. The number of methoxy groups -OCH3 is 1. The van der Waals surface area contributed by atoms with Crippen molar-refractivity contribution in [2.45, 2.75) is 41.7 Å². The van der Waals surface area contributed by atoms with Crippen molar-refractivity contribution in [2.75, 3.05) is 13.4 Å². The molecule has 0 saturated heterocycles. The Morgan fingerprint density at radius 1 is 1.29 bits per heavy atom. The van der Waals surface area contributed by atoms with Gasteiger partial charge in [-0.1, -0.05) is 12.8 Å². The second-order valence-electron chi connectivity index (χ2n) is 6.79. The van der Waals surface area contributed by atoms with E-state index in [2.05, 4.69) is 15.6 Å². The zero-order valence-electron chi connectivity index (χ0n) is 15.9. The average molecular weight is 424 g/mol. The number of hydrogen-bond donors (Lipinski definition) is 2. The molecule has 0 aromatic heterocycles. The lowest BCUT2D eigenvalue weighted by Gasteiger charge is -2.34. The summed E-state index contributed by atoms with van der Waals surface area (Å²) in [4.78, 5) is 4.60. The van der Waals surface area contributed by atoms with Crippen molar-refractivity contribution < 1.29 is 17.4 Å². The third kappa shape index (κ3) is 4.71. The Bertz CT molecular complexity index is 917. The largest absolute Gasteiger partial charge is 0.497 e. The van der Waals surface area contributed by atoms with Crippen molar-refractivity contribution in [1.82, 2.24) is 10.6 Å². The van der Waals surface area contributed by atoms with E-state index >= 15 is 0 Å². The molecule has 0 radical (unpaired) electrons. The fourth-order valence-corrected chi connectivity index (χ4v) is 4.96. The molecule has 2 N–H and O–H groups in total. The first kappa shape index (κ1) is 20.8. The summed E-state index contributed by atoms with van der Waals surface area (Å²) in [6.07, 6.45) is 10.6. The van der Waals surface area contributed by atoms with Crippen LogP contribution in [0.25, 0.3) is 0 Å². The van der Waals surface area contributed by atoms with E-state index in [0.29, 0.717) is 11.3 Å². The Hall–Kier alpha value is -1.97. The van der Waals surface area contributed by atoms with Crippen molar-refractivity contribution >= 4 is 26.9 Å². The number of nitrogens with zero attached hydrogens (tertiary/aromatic N) is 1. The molecule has 152 valence electrons. The summed E-state index contributed by atoms with van der Waals surface area (Å²) in [7, 11) is -3.36. The van der Waals surface area contributed by atoms with Crippen LogP contribution < -0.4 is 15.4 Å². The monoisotopic (exact) mass is 423 g/mol. The van der Waals surface area contributed by atoms with Crippen molar-refractivity contribution in [3.05, 3.63) is 47.5 Å². The highest BCUT2D eigenvalue weighted by molar-refractivity contribution is 7.94. The molecule has 2 unspecified atom stereocenters. The van der Waals surface area contributed by atoms with Crippen molar-refractivity contribution in [2.24, 2.45) is 4.99 Å². The molecule has 1 aromatic carbocycles. The van der Waals surface area contributed by atoms with Gasteiger partial charge in [-0.05, 0) is 43.2 Å². The van der Waals surface area contributed by atoms with Gasteiger partial charge in [-0.15, -0.1) is 0 Å². The molecule has 0 spiro atoms. The fourth-order valence-electron chi connectivity index (χ4n) is 3.19. The Kier molecular flexibility index (Phi) is 6.36. The van der Waals surface area contributed by atoms with E-state index in [-0.39, 0.29) is 10.9 Å². The second-order valence-corrected chi connectivity index (χ2v) is 10.1. The number of ether oxygens (including phenoxy) is 1. The van der Waals surface area contributed by atoms with Gasteiger partial charge in [0.15, 0.2) is 9.84 Å². The van der Waals surface area contributed by atoms with Crippen molar-refractivity contribution in [1.29, 1.82) is 0 Å². The van der Waals surface area contributed by atoms with Gasteiger partial charge < -0.3 is 10.1 Å². The third-order valence-electron chi connectivity index (χ3n) is 4.83. The topological polar surface area (TPSA) is 96.9 Å². The van der Waals surface area contributed by atoms with E-state index in [4.69, 9.17) is 4.74 Å². The minimum atomic E-state index is -3.59. The van der Waals surface area contributed by atoms with Crippen LogP contribution in [0.4, 0.5) is 0 Å². The lowest BCUT2D eigenvalue weighted by atomic mass is 10.2. The first-order valence-electron chi connectivity index (χ1n) is 9.06. The summed E-state index contributed by atoms with van der Waals surface area (Å²) in [6.45, 7) is 0. The maximum absolute atomic E-state index is 12.5. The molecule has 1 heterocycles. The van der Waals surface area contributed by atoms with Gasteiger partial charge in [0.1, 0.15) is 5.75 Å². The molecule has 1 aliphatic carbocycles. The average Bonchev–Trinajstić information content (AvgIpc) is 3.20. The number of rotatable bonds is 7. The molecular formula is C19H25N3O4S2. The third-order valence-corrected chi connectivity index (χ3v) is 7.43. The van der Waals surface area contributed by atoms with Gasteiger partial charge in [0.25, 0.3) is 5.12 Å². The van der Waals surface area contributed by atoms with Gasteiger partial charge >= 0.3 is 0 Å². The van der Waals surface area contributed by atoms with Crippen LogP contribution in [0.2, 0.25) is 0 Å². The predicted octanol–water partition coefficient (Wildman–Crippen LogP) is 2.06. The number of benzene rings is 1. The first-order chi connectivity index (χ1) is 13.3. The van der Waals surface area contributed by atoms with Crippen LogP contribution in [0.15, 0.2) is 57.4 Å². The van der Waals surface area contributed by atoms with Crippen LogP contribution in [0.3, 0.4) is 0 Å². The van der Waals surface area contributed by atoms with E-state index in [1.165, 1.54) is 25.3 Å². The maximum Gasteiger partial charge on any atom is 0.263 e. The van der Waals surface area contributed by atoms with E-state index in [1.54, 1.807) is 30.8 Å². The van der Waals surface area contributed by atoms with Gasteiger partial charge in [-0.25, -0.2) is 13.4 Å². The molecule has 9 heteroatoms. The van der Waals surface area contributed by atoms with Crippen molar-refractivity contribution in [3.8, 4) is 5.75 Å². The molecule has 2 atom stereocenters. The molecule has 0 bridgehead atoms. The standard InChI is InChI=1S/C19H25N3O4S2/c1-26-17-7-9-18(10-8-17)28(24,25)12-11-15-13-20-19(21-14-15,27(2)23)22-16-5-3-4-6-16/h7-14,16,20,22H,3-6H2,1-2H3/b12-11+. The van der Waals surface area contributed by atoms with E-state index in [9.17, 15) is 12.6 Å². The molecule has 0 amide bonds. The minimum absolute atomic E-state index is 0.178. The first-order valence-corrected chi connectivity index (χ1v) is 12.2. The zero-order valence-corrected chi connectivity index (χ0v) is 17.6. The van der Waals surface area contributed by atoms with Gasteiger partial charge in [0.05, 0.1) is 22.8 Å². The van der Waals surface area contributed by atoms with Crippen LogP contribution in [0, 0.1) is 0 Å². The summed E-state index contributed by atoms with van der Waals surface area (Å²) in [5.41, 5.74) is 0.575. The highest BCUT2D eigenvalue weighted by Crippen LogP contribution is 2.23. The van der Waals surface area contributed by atoms with Crippen molar-refractivity contribution in [3.63, 3.8) is 0 Å². The smallest absolute Gasteiger partial charge is 0.263 e. The molecule has 7 nitrogen and oxygen atoms in total. The maximum atomic E-state index is 12.5. The van der Waals surface area contributed by atoms with Crippen LogP contribution in [0.5, 0.6) is 5.75 Å². The molecule has 2 aliphatic rings. The normalized spacial score (nSPS) is 24.1. The lowest BCUT2D eigenvalue weighted by Crippen LogP contribution is -2.60. The molecule has 1 aliphatic heterocycles. The summed E-state index contributed by atoms with van der Waals surface area (Å²) < 4.78 is 42.3. The van der Waals surface area contributed by atoms with Crippen LogP contribution in [-0.4, -0.2) is 43.4 Å². The van der Waals surface area contributed by atoms with E-state index < -0.39 is 25.8 Å². The number of nitrogens with one attached hydrogen (secondary N) is 2. The highest BCUT2D eigenvalue weighted by Gasteiger charge is 2.37. The number of allylic oxidation sites excluding steroid dienone is 2. The summed E-state index contributed by atoms with van der Waals surface area (Å²) in [6, 6.07) is 6.47. The summed E-state index contributed by atoms with van der Waals surface area (Å²) in [5.74, 6) is 0.591. The van der Waals surface area contributed by atoms with Crippen LogP contribution in [-0.2, 0) is 20.6 Å². The van der Waals surface area contributed by atoms with Crippen LogP contribution in [0.1, 0.15) is 25.7 Å². The SMILES string of the molecule is COc1ccc(S(=O)(=O)/C=C/C2=CNC(NC3CCCC3)(S(C)=O)N=C2)cc1. The van der Waals surface area contributed by atoms with E-state index in [0.717, 1.165) is 31.1 Å². The Labute approximate surface area is 168 Å². The molecule has 3 rings (SSSR count). The van der Waals surface area contributed by atoms with Crippen LogP contribution >= 0.6 is 0 Å². The summed E-state index contributed by atoms with van der Waals surface area (Å²) >= 11 is 0. The molecule has 1 saturated carbocycles. The number of aliphatic imine (C=N–C) groups is 1. The molecule has 1 fully saturated rings. The van der Waals surface area contributed by atoms with Gasteiger partial charge in [-0.3, -0.25) is 9.53 Å². The quantitative estimate of drug-likeness (QED) is 0.697. The van der Waals surface area contributed by atoms with Gasteiger partial charge in [0, 0.05) is 35.7 Å². The minimum Gasteiger partial charge on any atom is -0.497 e. The zero-order chi connectivity index (χ0) is 20.2. The van der Waals surface area contributed by atoms with Gasteiger partial charge in [-0.2, -0.15) is 0 Å². The fraction of sp³-hybridized carbons (Fsp3) is 0.421. The number of sulfone groups is 1. The highest BCUT2D eigenvalue weighted by atomic mass is 32.2. The lowest BCUT2D eigenvalue weighted by molar-refractivity contribution is 0.365. The van der Waals surface area contributed by atoms with E-state index in [1.807, 2.05) is 0 Å². The number of hydrogen-bond acceptors (Lipinski definition) is 7. The molecular weight excluding hydrogens is 398 g/mol. The Morgan fingerprint density at radius 2 is 1.96 bits per heavy atom. The molecule has 28 heavy (non-hydrogen) atoms.